The number of unbranched alkanes of at least 4 members (excludes halogenated alkanes) is 1. The van der Waals surface area contributed by atoms with Crippen molar-refractivity contribution in [2.24, 2.45) is 21.6 Å². The molecule has 1 aliphatic carbocycles. The molecule has 3 N–H and O–H groups in total. The normalized spacial score (nSPS) is 24.3. The van der Waals surface area contributed by atoms with Crippen molar-refractivity contribution >= 4 is 21.6 Å². The van der Waals surface area contributed by atoms with Gasteiger partial charge in [-0.05, 0) is 38.0 Å². The van der Waals surface area contributed by atoms with E-state index in [4.69, 9.17) is 10.7 Å². The van der Waals surface area contributed by atoms with Crippen LogP contribution in [0.1, 0.15) is 39.5 Å². The Morgan fingerprint density at radius 1 is 1.16 bits per heavy atom. The molecular weight excluding hydrogens is 422 g/mol. The molecule has 0 fully saturated rings. The Morgan fingerprint density at radius 3 is 2.69 bits per heavy atom. The Kier molecular flexibility index (Phi) is 6.35. The second-order valence-corrected chi connectivity index (χ2v) is 10.3. The largest absolute Gasteiger partial charge is 0.382 e. The van der Waals surface area contributed by atoms with Gasteiger partial charge < -0.3 is 10.6 Å². The first-order valence-electron chi connectivity index (χ1n) is 11.2. The Balaban J connectivity index is 1.52. The topological polar surface area (TPSA) is 100 Å². The molecule has 0 saturated heterocycles. The second kappa shape index (κ2) is 9.03. The SMILES string of the molecule is CCCCC1=NC2=C(N)N=C3C=CC=CC3C2(C)N1CCCNS(=O)(=O)c1ccccc1. The Labute approximate surface area is 190 Å². The molecule has 2 unspecified atom stereocenters. The van der Waals surface area contributed by atoms with Crippen molar-refractivity contribution in [3.8, 4) is 0 Å². The van der Waals surface area contributed by atoms with E-state index in [1.807, 2.05) is 18.2 Å². The molecule has 1 aromatic carbocycles. The third-order valence-corrected chi connectivity index (χ3v) is 7.83. The smallest absolute Gasteiger partial charge is 0.240 e. The van der Waals surface area contributed by atoms with Crippen molar-refractivity contribution in [1.29, 1.82) is 0 Å². The molecule has 0 radical (unpaired) electrons. The molecule has 3 aliphatic rings. The number of fused-ring (bicyclic) bond motifs is 3. The van der Waals surface area contributed by atoms with Gasteiger partial charge in [0.1, 0.15) is 17.4 Å². The highest BCUT2D eigenvalue weighted by Crippen LogP contribution is 2.45. The monoisotopic (exact) mass is 453 g/mol. The number of hydrogen-bond acceptors (Lipinski definition) is 6. The highest BCUT2D eigenvalue weighted by Gasteiger charge is 2.52. The van der Waals surface area contributed by atoms with Gasteiger partial charge in [0.05, 0.1) is 16.1 Å². The minimum atomic E-state index is -3.52. The van der Waals surface area contributed by atoms with E-state index in [-0.39, 0.29) is 10.8 Å². The van der Waals surface area contributed by atoms with Crippen LogP contribution in [0.15, 0.2) is 81.0 Å². The second-order valence-electron chi connectivity index (χ2n) is 8.49. The molecular formula is C24H31N5O2S. The highest BCUT2D eigenvalue weighted by molar-refractivity contribution is 7.89. The molecule has 170 valence electrons. The van der Waals surface area contributed by atoms with Crippen molar-refractivity contribution in [2.45, 2.75) is 50.0 Å². The van der Waals surface area contributed by atoms with Crippen LogP contribution in [0.3, 0.4) is 0 Å². The summed E-state index contributed by atoms with van der Waals surface area (Å²) in [6.45, 7) is 5.36. The predicted octanol–water partition coefficient (Wildman–Crippen LogP) is 3.34. The van der Waals surface area contributed by atoms with E-state index in [0.29, 0.717) is 25.3 Å². The van der Waals surface area contributed by atoms with Gasteiger partial charge in [0.2, 0.25) is 10.0 Å². The Bertz CT molecular complexity index is 1120. The lowest BCUT2D eigenvalue weighted by Crippen LogP contribution is -2.55. The van der Waals surface area contributed by atoms with E-state index >= 15 is 0 Å². The number of sulfonamides is 1. The Hall–Kier alpha value is -2.71. The predicted molar refractivity (Wildman–Crippen MR) is 129 cm³/mol. The number of benzene rings is 1. The maximum atomic E-state index is 12.6. The maximum absolute atomic E-state index is 12.6. The molecule has 0 saturated carbocycles. The minimum absolute atomic E-state index is 0.0543. The number of aliphatic imine (C=N–C) groups is 2. The van der Waals surface area contributed by atoms with E-state index in [1.54, 1.807) is 30.3 Å². The number of nitrogens with one attached hydrogen (secondary N) is 1. The maximum Gasteiger partial charge on any atom is 0.240 e. The number of nitrogens with two attached hydrogens (primary N) is 1. The molecule has 0 aromatic heterocycles. The first-order chi connectivity index (χ1) is 15.4. The lowest BCUT2D eigenvalue weighted by molar-refractivity contribution is 0.215. The number of amidine groups is 1. The van der Waals surface area contributed by atoms with Crippen LogP contribution in [0.25, 0.3) is 0 Å². The molecule has 0 spiro atoms. The third-order valence-electron chi connectivity index (χ3n) is 6.35. The van der Waals surface area contributed by atoms with Crippen LogP contribution in [0.2, 0.25) is 0 Å². The quantitative estimate of drug-likeness (QED) is 0.560. The summed E-state index contributed by atoms with van der Waals surface area (Å²) in [5.41, 5.74) is 7.69. The molecule has 2 atom stereocenters. The van der Waals surface area contributed by atoms with Gasteiger partial charge in [-0.25, -0.2) is 23.1 Å². The summed E-state index contributed by atoms with van der Waals surface area (Å²) in [4.78, 5) is 12.2. The van der Waals surface area contributed by atoms with Crippen molar-refractivity contribution in [2.75, 3.05) is 13.1 Å². The summed E-state index contributed by atoms with van der Waals surface area (Å²) in [6, 6.07) is 8.46. The van der Waals surface area contributed by atoms with Crippen LogP contribution in [-0.2, 0) is 10.0 Å². The third kappa shape index (κ3) is 4.04. The number of allylic oxidation sites excluding steroid dienone is 3. The lowest BCUT2D eigenvalue weighted by atomic mass is 9.75. The zero-order valence-electron chi connectivity index (χ0n) is 18.7. The molecule has 32 heavy (non-hydrogen) atoms. The summed E-state index contributed by atoms with van der Waals surface area (Å²) in [5, 5.41) is 0. The van der Waals surface area contributed by atoms with E-state index in [0.717, 1.165) is 36.5 Å². The van der Waals surface area contributed by atoms with Crippen molar-refractivity contribution in [3.05, 3.63) is 66.2 Å². The average molecular weight is 454 g/mol. The summed E-state index contributed by atoms with van der Waals surface area (Å²) in [5.74, 6) is 1.54. The van der Waals surface area contributed by atoms with Gasteiger partial charge in [-0.3, -0.25) is 0 Å². The van der Waals surface area contributed by atoms with Gasteiger partial charge >= 0.3 is 0 Å². The average Bonchev–Trinajstić information content (AvgIpc) is 3.09. The van der Waals surface area contributed by atoms with E-state index in [2.05, 4.69) is 34.5 Å². The van der Waals surface area contributed by atoms with Crippen molar-refractivity contribution in [3.63, 3.8) is 0 Å². The van der Waals surface area contributed by atoms with Crippen molar-refractivity contribution < 1.29 is 8.42 Å². The van der Waals surface area contributed by atoms with Crippen LogP contribution in [0.4, 0.5) is 0 Å². The van der Waals surface area contributed by atoms with E-state index in [9.17, 15) is 8.42 Å². The molecule has 8 heteroatoms. The van der Waals surface area contributed by atoms with Gasteiger partial charge in [0.15, 0.2) is 0 Å². The van der Waals surface area contributed by atoms with Crippen LogP contribution in [-0.4, -0.2) is 43.5 Å². The van der Waals surface area contributed by atoms with E-state index < -0.39 is 15.6 Å². The minimum Gasteiger partial charge on any atom is -0.382 e. The summed E-state index contributed by atoms with van der Waals surface area (Å²) >= 11 is 0. The number of rotatable bonds is 9. The molecule has 7 nitrogen and oxygen atoms in total. The molecule has 2 aliphatic heterocycles. The first-order valence-corrected chi connectivity index (χ1v) is 12.7. The van der Waals surface area contributed by atoms with Gasteiger partial charge in [0.25, 0.3) is 0 Å². The highest BCUT2D eigenvalue weighted by atomic mass is 32.2. The van der Waals surface area contributed by atoms with Crippen LogP contribution in [0, 0.1) is 5.92 Å². The number of nitrogens with zero attached hydrogens (tertiary/aromatic N) is 3. The molecule has 1 aromatic rings. The molecule has 0 amide bonds. The van der Waals surface area contributed by atoms with Crippen molar-refractivity contribution in [1.82, 2.24) is 9.62 Å². The van der Waals surface area contributed by atoms with Crippen LogP contribution in [0.5, 0.6) is 0 Å². The van der Waals surface area contributed by atoms with Crippen LogP contribution < -0.4 is 10.5 Å². The van der Waals surface area contributed by atoms with Gasteiger partial charge in [-0.1, -0.05) is 49.8 Å². The fourth-order valence-electron chi connectivity index (χ4n) is 4.65. The Morgan fingerprint density at radius 2 is 1.94 bits per heavy atom. The van der Waals surface area contributed by atoms with Gasteiger partial charge in [0, 0.05) is 25.4 Å². The van der Waals surface area contributed by atoms with Gasteiger partial charge in [-0.2, -0.15) is 0 Å². The fourth-order valence-corrected chi connectivity index (χ4v) is 5.75. The van der Waals surface area contributed by atoms with Gasteiger partial charge in [-0.15, -0.1) is 0 Å². The zero-order valence-corrected chi connectivity index (χ0v) is 19.5. The fraction of sp³-hybridized carbons (Fsp3) is 0.417. The summed E-state index contributed by atoms with van der Waals surface area (Å²) in [7, 11) is -3.52. The van der Waals surface area contributed by atoms with E-state index in [1.165, 1.54) is 0 Å². The zero-order chi connectivity index (χ0) is 22.8. The molecule has 4 rings (SSSR count). The molecule has 2 heterocycles. The van der Waals surface area contributed by atoms with Crippen LogP contribution >= 0.6 is 0 Å². The first kappa shape index (κ1) is 22.5. The summed E-state index contributed by atoms with van der Waals surface area (Å²) in [6.07, 6.45) is 11.8. The molecule has 0 bridgehead atoms. The lowest BCUT2D eigenvalue weighted by Gasteiger charge is -2.45. The number of hydrogen-bond donors (Lipinski definition) is 2. The summed E-state index contributed by atoms with van der Waals surface area (Å²) < 4.78 is 27.8. The standard InChI is InChI=1S/C24H31N5O2S/c1-3-4-15-21-28-22-23(25)27-20-14-9-8-13-19(20)24(22,2)29(21)17-10-16-26-32(30,31)18-11-6-5-7-12-18/h5-9,11-14,19,26H,3-4,10,15-17,25H2,1-2H3.